The Hall–Kier alpha value is -0.640. The number of hydrogen-bond acceptors (Lipinski definition) is 3. The number of alkyl halides is 1. The van der Waals surface area contributed by atoms with Crippen molar-refractivity contribution >= 4 is 21.7 Å². The summed E-state index contributed by atoms with van der Waals surface area (Å²) in [5.41, 5.74) is 2.87. The van der Waals surface area contributed by atoms with Crippen LogP contribution in [0.25, 0.3) is 0 Å². The van der Waals surface area contributed by atoms with Gasteiger partial charge in [0.15, 0.2) is 0 Å². The van der Waals surface area contributed by atoms with Gasteiger partial charge in [-0.25, -0.2) is 0 Å². The van der Waals surface area contributed by atoms with Crippen LogP contribution in [0.3, 0.4) is 0 Å². The summed E-state index contributed by atoms with van der Waals surface area (Å²) in [5.74, 6) is 6.11. The fourth-order valence-electron chi connectivity index (χ4n) is 12.7. The van der Waals surface area contributed by atoms with Crippen molar-refractivity contribution in [2.24, 2.45) is 57.2 Å². The number of fused-ring (bicyclic) bond motifs is 8. The van der Waals surface area contributed by atoms with E-state index in [1.54, 1.807) is 0 Å². The van der Waals surface area contributed by atoms with Crippen molar-refractivity contribution < 1.29 is 9.32 Å². The van der Waals surface area contributed by atoms with Crippen LogP contribution in [0, 0.1) is 57.2 Å². The van der Waals surface area contributed by atoms with Gasteiger partial charge >= 0.3 is 0 Å². The first-order valence-electron chi connectivity index (χ1n) is 15.9. The third-order valence-corrected chi connectivity index (χ3v) is 15.1. The first-order chi connectivity index (χ1) is 17.8. The fraction of sp³-hybridized carbons (Fsp3) is 0.882. The summed E-state index contributed by atoms with van der Waals surface area (Å²) in [5, 5.41) is 4.81. The molecule has 0 radical (unpaired) electrons. The smallest absolute Gasteiger partial charge is 0.145 e. The summed E-state index contributed by atoms with van der Waals surface area (Å²) >= 11 is 3.44. The largest absolute Gasteiger partial charge is 0.361 e. The zero-order chi connectivity index (χ0) is 27.3. The lowest BCUT2D eigenvalue weighted by molar-refractivity contribution is -0.229. The molecule has 6 rings (SSSR count). The van der Waals surface area contributed by atoms with Crippen molar-refractivity contribution in [1.29, 1.82) is 0 Å². The molecule has 3 nitrogen and oxygen atoms in total. The number of rotatable bonds is 5. The van der Waals surface area contributed by atoms with Gasteiger partial charge in [0.25, 0.3) is 0 Å². The molecule has 9 atom stereocenters. The molecule has 0 bridgehead atoms. The summed E-state index contributed by atoms with van der Waals surface area (Å²) < 4.78 is 5.90. The van der Waals surface area contributed by atoms with E-state index >= 15 is 0 Å². The maximum atomic E-state index is 12.5. The van der Waals surface area contributed by atoms with Crippen LogP contribution in [0.4, 0.5) is 0 Å². The highest BCUT2D eigenvalue weighted by Gasteiger charge is 2.71. The number of ketones is 1. The predicted molar refractivity (Wildman–Crippen MR) is 157 cm³/mol. The van der Waals surface area contributed by atoms with Gasteiger partial charge in [0.2, 0.25) is 0 Å². The second kappa shape index (κ2) is 8.93. The van der Waals surface area contributed by atoms with Crippen LogP contribution in [0.15, 0.2) is 10.7 Å². The molecular weight excluding hydrogens is 534 g/mol. The molecule has 0 amide bonds. The lowest BCUT2D eigenvalue weighted by Crippen LogP contribution is -2.66. The van der Waals surface area contributed by atoms with Gasteiger partial charge in [0, 0.05) is 17.4 Å². The van der Waals surface area contributed by atoms with E-state index in [0.29, 0.717) is 38.7 Å². The topological polar surface area (TPSA) is 43.1 Å². The van der Waals surface area contributed by atoms with Crippen LogP contribution in [-0.2, 0) is 16.6 Å². The summed E-state index contributed by atoms with van der Waals surface area (Å²) in [4.78, 5) is 12.5. The Balaban J connectivity index is 1.38. The molecule has 5 aliphatic carbocycles. The molecule has 0 N–H and O–H groups in total. The molecule has 0 spiro atoms. The van der Waals surface area contributed by atoms with Crippen molar-refractivity contribution in [3.63, 3.8) is 0 Å². The van der Waals surface area contributed by atoms with E-state index in [4.69, 9.17) is 4.52 Å². The van der Waals surface area contributed by atoms with E-state index in [1.165, 1.54) is 56.9 Å². The average Bonchev–Trinajstić information content (AvgIpc) is 3.48. The Morgan fingerprint density at radius 3 is 2.47 bits per heavy atom. The van der Waals surface area contributed by atoms with Gasteiger partial charge in [0.1, 0.15) is 11.5 Å². The third kappa shape index (κ3) is 3.49. The minimum absolute atomic E-state index is 0.0514. The highest BCUT2D eigenvalue weighted by atomic mass is 79.9. The molecule has 0 aliphatic heterocycles. The van der Waals surface area contributed by atoms with E-state index < -0.39 is 0 Å². The van der Waals surface area contributed by atoms with Gasteiger partial charge in [-0.2, -0.15) is 0 Å². The highest BCUT2D eigenvalue weighted by Crippen LogP contribution is 2.77. The molecule has 0 saturated heterocycles. The number of halogens is 1. The number of nitrogens with zero attached hydrogens (tertiary/aromatic N) is 1. The lowest BCUT2D eigenvalue weighted by Gasteiger charge is -2.72. The predicted octanol–water partition coefficient (Wildman–Crippen LogP) is 9.17. The Labute approximate surface area is 240 Å². The Bertz CT molecular complexity index is 1090. The number of carbonyl (C=O) groups excluding carboxylic acids is 1. The number of carbonyl (C=O) groups is 1. The van der Waals surface area contributed by atoms with Crippen molar-refractivity contribution in [1.82, 2.24) is 5.16 Å². The second-order valence-corrected chi connectivity index (χ2v) is 16.8. The minimum Gasteiger partial charge on any atom is -0.361 e. The third-order valence-electron chi connectivity index (χ3n) is 14.5. The molecule has 1 heterocycles. The maximum Gasteiger partial charge on any atom is 0.145 e. The van der Waals surface area contributed by atoms with Gasteiger partial charge < -0.3 is 4.52 Å². The standard InChI is InChI=1S/C34H52BrNO2/c1-21(2)24-11-15-34(14-10-23(37)19-35)17-16-32(6)25(28(24)34)8-9-27-31(5)18-22-20-36-38-29(22)30(3,4)26(31)12-13-33(27,32)7/h20-21,24-28H,8-19H2,1-7H3/t24-,25+,26-,27+,28+,31-,32+,33+,34+/m0/s1. The van der Waals surface area contributed by atoms with Crippen LogP contribution < -0.4 is 0 Å². The van der Waals surface area contributed by atoms with Crippen molar-refractivity contribution in [2.45, 2.75) is 125 Å². The van der Waals surface area contributed by atoms with E-state index in [9.17, 15) is 4.79 Å². The fourth-order valence-corrected chi connectivity index (χ4v) is 13.0. The normalized spacial score (nSPS) is 47.0. The van der Waals surface area contributed by atoms with E-state index in [-0.39, 0.29) is 5.41 Å². The Morgan fingerprint density at radius 1 is 1.00 bits per heavy atom. The zero-order valence-corrected chi connectivity index (χ0v) is 26.8. The number of aromatic nitrogens is 1. The molecule has 4 heteroatoms. The molecule has 0 aromatic carbocycles. The van der Waals surface area contributed by atoms with Crippen LogP contribution in [0.1, 0.15) is 124 Å². The molecular formula is C34H52BrNO2. The molecule has 1 aromatic heterocycles. The lowest BCUT2D eigenvalue weighted by atomic mass is 9.32. The molecule has 212 valence electrons. The van der Waals surface area contributed by atoms with E-state index in [1.807, 2.05) is 6.20 Å². The summed E-state index contributed by atoms with van der Waals surface area (Å²) in [6, 6.07) is 0. The highest BCUT2D eigenvalue weighted by molar-refractivity contribution is 9.09. The van der Waals surface area contributed by atoms with Crippen LogP contribution in [0.2, 0.25) is 0 Å². The second-order valence-electron chi connectivity index (χ2n) is 16.3. The zero-order valence-electron chi connectivity index (χ0n) is 25.2. The first-order valence-corrected chi connectivity index (χ1v) is 17.0. The quantitative estimate of drug-likeness (QED) is 0.323. The summed E-state index contributed by atoms with van der Waals surface area (Å²) in [7, 11) is 0. The van der Waals surface area contributed by atoms with Crippen molar-refractivity contribution in [3.05, 3.63) is 17.5 Å². The number of Topliss-reactive ketones (excluding diaryl/α,β-unsaturated/α-hetero) is 1. The van der Waals surface area contributed by atoms with Gasteiger partial charge in [-0.1, -0.05) is 69.6 Å². The first kappa shape index (κ1) is 27.5. The summed E-state index contributed by atoms with van der Waals surface area (Å²) in [6.45, 7) is 18.0. The van der Waals surface area contributed by atoms with Gasteiger partial charge in [-0.3, -0.25) is 4.79 Å². The molecule has 0 unspecified atom stereocenters. The monoisotopic (exact) mass is 585 g/mol. The van der Waals surface area contributed by atoms with Crippen LogP contribution in [0.5, 0.6) is 0 Å². The molecule has 38 heavy (non-hydrogen) atoms. The maximum absolute atomic E-state index is 12.5. The Morgan fingerprint density at radius 2 is 1.76 bits per heavy atom. The van der Waals surface area contributed by atoms with Crippen LogP contribution >= 0.6 is 15.9 Å². The molecule has 5 aliphatic rings. The van der Waals surface area contributed by atoms with Crippen molar-refractivity contribution in [3.8, 4) is 0 Å². The van der Waals surface area contributed by atoms with Gasteiger partial charge in [-0.15, -0.1) is 0 Å². The SMILES string of the molecule is CC(C)[C@@H]1CC[C@]2(CCC(=O)CBr)CC[C@]3(C)[C@H](CC[C@@H]4[C@@]5(C)Cc6cnoc6C(C)(C)[C@@H]5CC[C@]43C)[C@@H]12. The van der Waals surface area contributed by atoms with Gasteiger partial charge in [0.05, 0.1) is 11.5 Å². The van der Waals surface area contributed by atoms with Gasteiger partial charge in [-0.05, 0) is 121 Å². The van der Waals surface area contributed by atoms with E-state index in [2.05, 4.69) is 69.6 Å². The minimum atomic E-state index is 0.0514. The molecule has 4 saturated carbocycles. The molecule has 1 aromatic rings. The average molecular weight is 587 g/mol. The van der Waals surface area contributed by atoms with Crippen LogP contribution in [-0.4, -0.2) is 16.3 Å². The Kier molecular flexibility index (Phi) is 6.47. The van der Waals surface area contributed by atoms with E-state index in [0.717, 1.165) is 54.6 Å². The molecule has 4 fully saturated rings. The summed E-state index contributed by atoms with van der Waals surface area (Å²) in [6.07, 6.45) is 15.9. The number of hydrogen-bond donors (Lipinski definition) is 0. The van der Waals surface area contributed by atoms with Crippen molar-refractivity contribution in [2.75, 3.05) is 5.33 Å².